The van der Waals surface area contributed by atoms with Gasteiger partial charge in [0, 0.05) is 26.1 Å². The predicted molar refractivity (Wildman–Crippen MR) is 76.6 cm³/mol. The lowest BCUT2D eigenvalue weighted by Crippen LogP contribution is -2.34. The Labute approximate surface area is 116 Å². The number of rotatable bonds is 7. The molecule has 0 aromatic heterocycles. The number of hydrogen-bond acceptors (Lipinski definition) is 2. The third-order valence-corrected chi connectivity index (χ3v) is 3.58. The van der Waals surface area contributed by atoms with Crippen LogP contribution in [0, 0.1) is 17.8 Å². The average Bonchev–Trinajstić information content (AvgIpc) is 2.67. The summed E-state index contributed by atoms with van der Waals surface area (Å²) in [6, 6.07) is 0. The molecule has 0 saturated carbocycles. The van der Waals surface area contributed by atoms with Crippen LogP contribution >= 0.6 is 0 Å². The summed E-state index contributed by atoms with van der Waals surface area (Å²) < 4.78 is 0. The summed E-state index contributed by atoms with van der Waals surface area (Å²) in [6.45, 7) is 10.7. The van der Waals surface area contributed by atoms with Crippen LogP contribution in [0.4, 0.5) is 0 Å². The maximum Gasteiger partial charge on any atom is 0.225 e. The van der Waals surface area contributed by atoms with E-state index in [0.717, 1.165) is 19.4 Å². The smallest absolute Gasteiger partial charge is 0.225 e. The first-order chi connectivity index (χ1) is 8.90. The highest BCUT2D eigenvalue weighted by Gasteiger charge is 2.33. The molecular weight excluding hydrogens is 240 g/mol. The van der Waals surface area contributed by atoms with Crippen molar-refractivity contribution in [1.29, 1.82) is 0 Å². The van der Waals surface area contributed by atoms with E-state index >= 15 is 0 Å². The summed E-state index contributed by atoms with van der Waals surface area (Å²) >= 11 is 0. The van der Waals surface area contributed by atoms with Crippen LogP contribution in [0.1, 0.15) is 47.0 Å². The number of amides is 2. The summed E-state index contributed by atoms with van der Waals surface area (Å²) in [7, 11) is 0. The van der Waals surface area contributed by atoms with Crippen molar-refractivity contribution in [1.82, 2.24) is 10.2 Å². The second-order valence-corrected chi connectivity index (χ2v) is 6.40. The zero-order valence-corrected chi connectivity index (χ0v) is 12.7. The highest BCUT2D eigenvalue weighted by atomic mass is 16.2. The van der Waals surface area contributed by atoms with Crippen molar-refractivity contribution in [2.24, 2.45) is 17.8 Å². The van der Waals surface area contributed by atoms with E-state index in [0.29, 0.717) is 31.3 Å². The average molecular weight is 268 g/mol. The molecule has 0 aromatic carbocycles. The summed E-state index contributed by atoms with van der Waals surface area (Å²) in [5.74, 6) is 1.21. The minimum atomic E-state index is -0.146. The first-order valence-corrected chi connectivity index (χ1v) is 7.45. The van der Waals surface area contributed by atoms with Crippen molar-refractivity contribution in [2.45, 2.75) is 47.0 Å². The second-order valence-electron chi connectivity index (χ2n) is 6.40. The van der Waals surface area contributed by atoms with E-state index in [1.165, 1.54) is 0 Å². The Morgan fingerprint density at radius 1 is 1.26 bits per heavy atom. The van der Waals surface area contributed by atoms with E-state index in [4.69, 9.17) is 0 Å². The van der Waals surface area contributed by atoms with Gasteiger partial charge in [0.2, 0.25) is 11.8 Å². The number of likely N-dealkylation sites (tertiary alicyclic amines) is 1. The van der Waals surface area contributed by atoms with Gasteiger partial charge in [-0.2, -0.15) is 0 Å². The first-order valence-electron chi connectivity index (χ1n) is 7.45. The van der Waals surface area contributed by atoms with Crippen molar-refractivity contribution >= 4 is 11.8 Å². The molecule has 4 heteroatoms. The molecular formula is C15H28N2O2. The van der Waals surface area contributed by atoms with Crippen LogP contribution in [0.15, 0.2) is 0 Å². The normalized spacial score (nSPS) is 19.6. The van der Waals surface area contributed by atoms with Crippen LogP contribution in [0.2, 0.25) is 0 Å². The molecule has 1 aliphatic rings. The van der Waals surface area contributed by atoms with Crippen molar-refractivity contribution < 1.29 is 9.59 Å². The molecule has 4 nitrogen and oxygen atoms in total. The van der Waals surface area contributed by atoms with Crippen LogP contribution in [0.25, 0.3) is 0 Å². The molecule has 1 rings (SSSR count). The lowest BCUT2D eigenvalue weighted by Gasteiger charge is -2.17. The van der Waals surface area contributed by atoms with E-state index < -0.39 is 0 Å². The molecule has 1 heterocycles. The maximum atomic E-state index is 12.0. The van der Waals surface area contributed by atoms with E-state index in [9.17, 15) is 9.59 Å². The highest BCUT2D eigenvalue weighted by Crippen LogP contribution is 2.19. The van der Waals surface area contributed by atoms with Gasteiger partial charge in [-0.3, -0.25) is 9.59 Å². The molecule has 0 bridgehead atoms. The Balaban J connectivity index is 2.32. The standard InChI is InChI=1S/C15H28N2O2/c1-11(2)5-7-16-15(19)13-9-14(18)17(10-13)8-6-12(3)4/h11-13H,5-10H2,1-4H3,(H,16,19)/t13-/m1/s1. The minimum absolute atomic E-state index is 0.0426. The summed E-state index contributed by atoms with van der Waals surface area (Å²) in [5, 5.41) is 2.94. The molecule has 1 saturated heterocycles. The molecule has 1 aliphatic heterocycles. The fraction of sp³-hybridized carbons (Fsp3) is 0.867. The molecule has 19 heavy (non-hydrogen) atoms. The van der Waals surface area contributed by atoms with Crippen LogP contribution in [0.3, 0.4) is 0 Å². The Bertz CT molecular complexity index is 313. The quantitative estimate of drug-likeness (QED) is 0.768. The van der Waals surface area contributed by atoms with Crippen molar-refractivity contribution in [3.05, 3.63) is 0 Å². The van der Waals surface area contributed by atoms with Crippen LogP contribution in [-0.2, 0) is 9.59 Å². The van der Waals surface area contributed by atoms with Gasteiger partial charge in [0.25, 0.3) is 0 Å². The Morgan fingerprint density at radius 2 is 1.89 bits per heavy atom. The monoisotopic (exact) mass is 268 g/mol. The third kappa shape index (κ3) is 5.62. The molecule has 0 radical (unpaired) electrons. The van der Waals surface area contributed by atoms with Gasteiger partial charge in [0.1, 0.15) is 0 Å². The number of nitrogens with zero attached hydrogens (tertiary/aromatic N) is 1. The Kier molecular flexibility index (Phi) is 6.32. The van der Waals surface area contributed by atoms with Gasteiger partial charge in [-0.25, -0.2) is 0 Å². The van der Waals surface area contributed by atoms with E-state index in [1.54, 1.807) is 0 Å². The maximum absolute atomic E-state index is 12.0. The molecule has 1 atom stereocenters. The highest BCUT2D eigenvalue weighted by molar-refractivity contribution is 5.89. The molecule has 1 N–H and O–H groups in total. The topological polar surface area (TPSA) is 49.4 Å². The Hall–Kier alpha value is -1.06. The minimum Gasteiger partial charge on any atom is -0.356 e. The third-order valence-electron chi connectivity index (χ3n) is 3.58. The SMILES string of the molecule is CC(C)CCNC(=O)[C@@H]1CC(=O)N(CCC(C)C)C1. The van der Waals surface area contributed by atoms with Crippen LogP contribution < -0.4 is 5.32 Å². The van der Waals surface area contributed by atoms with Gasteiger partial charge in [0.05, 0.1) is 5.92 Å². The van der Waals surface area contributed by atoms with Crippen molar-refractivity contribution in [3.63, 3.8) is 0 Å². The summed E-state index contributed by atoms with van der Waals surface area (Å²) in [4.78, 5) is 25.6. The van der Waals surface area contributed by atoms with Gasteiger partial charge in [-0.15, -0.1) is 0 Å². The second kappa shape index (κ2) is 7.51. The van der Waals surface area contributed by atoms with E-state index in [-0.39, 0.29) is 17.7 Å². The van der Waals surface area contributed by atoms with E-state index in [2.05, 4.69) is 33.0 Å². The molecule has 1 fully saturated rings. The van der Waals surface area contributed by atoms with Gasteiger partial charge >= 0.3 is 0 Å². The first kappa shape index (κ1) is 16.0. The van der Waals surface area contributed by atoms with Gasteiger partial charge in [-0.1, -0.05) is 27.7 Å². The fourth-order valence-electron chi connectivity index (χ4n) is 2.21. The zero-order chi connectivity index (χ0) is 14.4. The van der Waals surface area contributed by atoms with Gasteiger partial charge in [0.15, 0.2) is 0 Å². The van der Waals surface area contributed by atoms with Crippen molar-refractivity contribution in [2.75, 3.05) is 19.6 Å². The lowest BCUT2D eigenvalue weighted by atomic mass is 10.1. The number of carbonyl (C=O) groups excluding carboxylic acids is 2. The largest absolute Gasteiger partial charge is 0.356 e. The molecule has 0 spiro atoms. The zero-order valence-electron chi connectivity index (χ0n) is 12.7. The number of nitrogens with one attached hydrogen (secondary N) is 1. The van der Waals surface area contributed by atoms with Gasteiger partial charge in [-0.05, 0) is 24.7 Å². The Morgan fingerprint density at radius 3 is 2.47 bits per heavy atom. The molecule has 2 amide bonds. The molecule has 0 aromatic rings. The summed E-state index contributed by atoms with van der Waals surface area (Å²) in [6.07, 6.45) is 2.38. The van der Waals surface area contributed by atoms with E-state index in [1.807, 2.05) is 4.90 Å². The van der Waals surface area contributed by atoms with Crippen LogP contribution in [0.5, 0.6) is 0 Å². The van der Waals surface area contributed by atoms with Gasteiger partial charge < -0.3 is 10.2 Å². The number of carbonyl (C=O) groups is 2. The molecule has 0 unspecified atom stereocenters. The predicted octanol–water partition coefficient (Wildman–Crippen LogP) is 2.04. The number of hydrogen-bond donors (Lipinski definition) is 1. The molecule has 110 valence electrons. The lowest BCUT2D eigenvalue weighted by molar-refractivity contribution is -0.129. The molecule has 0 aliphatic carbocycles. The van der Waals surface area contributed by atoms with Crippen LogP contribution in [-0.4, -0.2) is 36.3 Å². The van der Waals surface area contributed by atoms with Crippen molar-refractivity contribution in [3.8, 4) is 0 Å². The fourth-order valence-corrected chi connectivity index (χ4v) is 2.21. The summed E-state index contributed by atoms with van der Waals surface area (Å²) in [5.41, 5.74) is 0.